The maximum absolute atomic E-state index is 13.0. The molecule has 0 bridgehead atoms. The number of hydrogen-bond donors (Lipinski definition) is 2. The fourth-order valence-corrected chi connectivity index (χ4v) is 5.23. The highest BCUT2D eigenvalue weighted by Gasteiger charge is 2.40. The molecule has 154 valence electrons. The molecule has 2 aliphatic heterocycles. The second kappa shape index (κ2) is 8.92. The minimum Gasteiger partial charge on any atom is -0.382 e. The fourth-order valence-electron chi connectivity index (χ4n) is 4.10. The van der Waals surface area contributed by atoms with E-state index in [9.17, 15) is 4.79 Å². The van der Waals surface area contributed by atoms with Crippen LogP contribution >= 0.6 is 23.7 Å². The molecule has 2 N–H and O–H groups in total. The Labute approximate surface area is 175 Å². The van der Waals surface area contributed by atoms with Crippen molar-refractivity contribution < 1.29 is 14.3 Å². The summed E-state index contributed by atoms with van der Waals surface area (Å²) in [5.41, 5.74) is 1.92. The van der Waals surface area contributed by atoms with Crippen LogP contribution in [0.3, 0.4) is 0 Å². The van der Waals surface area contributed by atoms with Crippen molar-refractivity contribution in [3.05, 3.63) is 39.3 Å². The SMILES string of the molecule is COCC(NC(=O)c1cc2c(s1)CCOC21CCNCC1)c1ccnn1C.Cl. The number of aryl methyl sites for hydroxylation is 1. The van der Waals surface area contributed by atoms with E-state index in [1.165, 1.54) is 10.4 Å². The summed E-state index contributed by atoms with van der Waals surface area (Å²) in [5, 5.41) is 10.7. The van der Waals surface area contributed by atoms with Crippen molar-refractivity contribution in [1.29, 1.82) is 0 Å². The summed E-state index contributed by atoms with van der Waals surface area (Å²) in [6.07, 6.45) is 4.52. The van der Waals surface area contributed by atoms with Crippen LogP contribution in [0.2, 0.25) is 0 Å². The summed E-state index contributed by atoms with van der Waals surface area (Å²) in [6, 6.07) is 3.71. The van der Waals surface area contributed by atoms with Crippen molar-refractivity contribution in [2.24, 2.45) is 7.05 Å². The van der Waals surface area contributed by atoms with Crippen LogP contribution in [0.25, 0.3) is 0 Å². The first-order valence-corrected chi connectivity index (χ1v) is 10.2. The number of nitrogens with zero attached hydrogens (tertiary/aromatic N) is 2. The standard InChI is InChI=1S/C19H26N4O3S.ClH/c1-23-15(3-7-21-23)14(12-25-2)22-18(24)17-11-13-16(27-17)4-10-26-19(13)5-8-20-9-6-19;/h3,7,11,14,20H,4-6,8-10,12H2,1-2H3,(H,22,24);1H. The number of aromatic nitrogens is 2. The van der Waals surface area contributed by atoms with Crippen molar-refractivity contribution in [2.45, 2.75) is 30.9 Å². The minimum atomic E-state index is -0.238. The number of carbonyl (C=O) groups is 1. The van der Waals surface area contributed by atoms with Crippen LogP contribution in [0.5, 0.6) is 0 Å². The molecule has 7 nitrogen and oxygen atoms in total. The fraction of sp³-hybridized carbons (Fsp3) is 0.579. The molecule has 1 spiro atoms. The molecule has 4 rings (SSSR count). The Kier molecular flexibility index (Phi) is 6.77. The summed E-state index contributed by atoms with van der Waals surface area (Å²) in [4.78, 5) is 15.0. The second-order valence-electron chi connectivity index (χ2n) is 7.15. The number of thiophene rings is 1. The summed E-state index contributed by atoms with van der Waals surface area (Å²) in [7, 11) is 3.50. The second-order valence-corrected chi connectivity index (χ2v) is 8.29. The van der Waals surface area contributed by atoms with Crippen molar-refractivity contribution in [1.82, 2.24) is 20.4 Å². The van der Waals surface area contributed by atoms with Crippen LogP contribution in [-0.4, -0.2) is 49.1 Å². The molecule has 1 atom stereocenters. The molecule has 0 aromatic carbocycles. The van der Waals surface area contributed by atoms with E-state index in [0.29, 0.717) is 6.61 Å². The predicted molar refractivity (Wildman–Crippen MR) is 110 cm³/mol. The average molecular weight is 427 g/mol. The molecule has 28 heavy (non-hydrogen) atoms. The smallest absolute Gasteiger partial charge is 0.261 e. The Bertz CT molecular complexity index is 816. The highest BCUT2D eigenvalue weighted by atomic mass is 35.5. The van der Waals surface area contributed by atoms with Crippen LogP contribution < -0.4 is 10.6 Å². The molecule has 1 amide bonds. The van der Waals surface area contributed by atoms with Gasteiger partial charge < -0.3 is 20.1 Å². The first-order chi connectivity index (χ1) is 13.1. The third-order valence-electron chi connectivity index (χ3n) is 5.50. The predicted octanol–water partition coefficient (Wildman–Crippen LogP) is 2.17. The van der Waals surface area contributed by atoms with E-state index in [1.54, 1.807) is 29.3 Å². The molecule has 0 radical (unpaired) electrons. The zero-order valence-corrected chi connectivity index (χ0v) is 17.8. The van der Waals surface area contributed by atoms with Gasteiger partial charge in [0, 0.05) is 31.7 Å². The molecule has 0 saturated carbocycles. The topological polar surface area (TPSA) is 77.4 Å². The maximum atomic E-state index is 13.0. The van der Waals surface area contributed by atoms with Gasteiger partial charge in [-0.2, -0.15) is 5.10 Å². The van der Waals surface area contributed by atoms with Crippen molar-refractivity contribution in [2.75, 3.05) is 33.4 Å². The number of amides is 1. The number of piperidine rings is 1. The Morgan fingerprint density at radius 3 is 2.96 bits per heavy atom. The number of methoxy groups -OCH3 is 1. The Morgan fingerprint density at radius 1 is 1.50 bits per heavy atom. The van der Waals surface area contributed by atoms with E-state index in [4.69, 9.17) is 9.47 Å². The minimum absolute atomic E-state index is 0. The highest BCUT2D eigenvalue weighted by molar-refractivity contribution is 7.14. The van der Waals surface area contributed by atoms with Crippen LogP contribution in [0.4, 0.5) is 0 Å². The lowest BCUT2D eigenvalue weighted by Gasteiger charge is -2.40. The van der Waals surface area contributed by atoms with Crippen molar-refractivity contribution >= 4 is 29.7 Å². The third-order valence-corrected chi connectivity index (χ3v) is 6.69. The first kappa shape index (κ1) is 21.3. The van der Waals surface area contributed by atoms with Gasteiger partial charge in [0.1, 0.15) is 0 Å². The molecule has 4 heterocycles. The maximum Gasteiger partial charge on any atom is 0.261 e. The van der Waals surface area contributed by atoms with Crippen LogP contribution in [0.1, 0.15) is 44.7 Å². The molecule has 1 saturated heterocycles. The summed E-state index contributed by atoms with van der Waals surface area (Å²) >= 11 is 1.60. The Balaban J connectivity index is 0.00000225. The van der Waals surface area contributed by atoms with Gasteiger partial charge in [-0.15, -0.1) is 23.7 Å². The van der Waals surface area contributed by atoms with Gasteiger partial charge >= 0.3 is 0 Å². The van der Waals surface area contributed by atoms with Crippen molar-refractivity contribution in [3.8, 4) is 0 Å². The summed E-state index contributed by atoms with van der Waals surface area (Å²) < 4.78 is 13.3. The Hall–Kier alpha value is -1.45. The normalized spacial score (nSPS) is 18.9. The molecule has 2 aromatic heterocycles. The molecular weight excluding hydrogens is 400 g/mol. The van der Waals surface area contributed by atoms with Gasteiger partial charge in [0.05, 0.1) is 35.4 Å². The molecule has 0 aliphatic carbocycles. The zero-order valence-electron chi connectivity index (χ0n) is 16.2. The molecule has 9 heteroatoms. The van der Waals surface area contributed by atoms with Gasteiger partial charge in [-0.3, -0.25) is 9.48 Å². The molecular formula is C19H27ClN4O3S. The van der Waals surface area contributed by atoms with Crippen LogP contribution in [0.15, 0.2) is 18.3 Å². The summed E-state index contributed by atoms with van der Waals surface area (Å²) in [6.45, 7) is 3.03. The first-order valence-electron chi connectivity index (χ1n) is 9.38. The molecule has 1 unspecified atom stereocenters. The van der Waals surface area contributed by atoms with Gasteiger partial charge in [-0.05, 0) is 43.6 Å². The van der Waals surface area contributed by atoms with E-state index in [-0.39, 0.29) is 30.0 Å². The monoisotopic (exact) mass is 426 g/mol. The highest BCUT2D eigenvalue weighted by Crippen LogP contribution is 2.43. The number of halogens is 1. The van der Waals surface area contributed by atoms with Crippen LogP contribution in [-0.2, 0) is 28.5 Å². The van der Waals surface area contributed by atoms with E-state index in [1.807, 2.05) is 19.2 Å². The molecule has 1 fully saturated rings. The number of nitrogens with one attached hydrogen (secondary N) is 2. The van der Waals surface area contributed by atoms with Gasteiger partial charge in [0.15, 0.2) is 0 Å². The molecule has 2 aromatic rings. The van der Waals surface area contributed by atoms with E-state index < -0.39 is 0 Å². The average Bonchev–Trinajstić information content (AvgIpc) is 3.29. The molecule has 2 aliphatic rings. The lowest BCUT2D eigenvalue weighted by Crippen LogP contribution is -2.44. The van der Waals surface area contributed by atoms with Gasteiger partial charge in [0.25, 0.3) is 5.91 Å². The van der Waals surface area contributed by atoms with Crippen molar-refractivity contribution in [3.63, 3.8) is 0 Å². The van der Waals surface area contributed by atoms with Gasteiger partial charge in [0.2, 0.25) is 0 Å². The van der Waals surface area contributed by atoms with Crippen LogP contribution in [0, 0.1) is 0 Å². The van der Waals surface area contributed by atoms with Gasteiger partial charge in [-0.1, -0.05) is 0 Å². The van der Waals surface area contributed by atoms with E-state index in [2.05, 4.69) is 15.7 Å². The quantitative estimate of drug-likeness (QED) is 0.766. The summed E-state index contributed by atoms with van der Waals surface area (Å²) in [5.74, 6) is -0.0678. The third kappa shape index (κ3) is 3.97. The van der Waals surface area contributed by atoms with Gasteiger partial charge in [-0.25, -0.2) is 0 Å². The Morgan fingerprint density at radius 2 is 2.29 bits per heavy atom. The number of rotatable bonds is 5. The number of fused-ring (bicyclic) bond motifs is 2. The number of carbonyl (C=O) groups excluding carboxylic acids is 1. The van der Waals surface area contributed by atoms with E-state index in [0.717, 1.165) is 49.5 Å². The number of ether oxygens (including phenoxy) is 2. The largest absolute Gasteiger partial charge is 0.382 e. The lowest BCUT2D eigenvalue weighted by molar-refractivity contribution is -0.0792. The lowest BCUT2D eigenvalue weighted by atomic mass is 9.83. The van der Waals surface area contributed by atoms with E-state index >= 15 is 0 Å². The number of hydrogen-bond acceptors (Lipinski definition) is 6. The zero-order chi connectivity index (χ0) is 18.9.